The molecule has 17 heavy (non-hydrogen) atoms. The van der Waals surface area contributed by atoms with E-state index in [-0.39, 0.29) is 11.8 Å². The summed E-state index contributed by atoms with van der Waals surface area (Å²) >= 11 is 0. The van der Waals surface area contributed by atoms with Crippen molar-refractivity contribution in [1.29, 1.82) is 0 Å². The van der Waals surface area contributed by atoms with Crippen LogP contribution in [0, 0.1) is 17.8 Å². The monoisotopic (exact) mass is 227 g/mol. The van der Waals surface area contributed by atoms with Gasteiger partial charge in [0.05, 0.1) is 0 Å². The third kappa shape index (κ3) is 1.78. The number of fused-ring (bicyclic) bond motifs is 2. The zero-order chi connectivity index (χ0) is 11.8. The summed E-state index contributed by atoms with van der Waals surface area (Å²) in [6.07, 6.45) is 6.72. The highest BCUT2D eigenvalue weighted by molar-refractivity contribution is 5.95. The molecule has 0 heterocycles. The summed E-state index contributed by atoms with van der Waals surface area (Å²) in [5.41, 5.74) is 0.990. The van der Waals surface area contributed by atoms with Crippen LogP contribution in [0.5, 0.6) is 0 Å². The molecular weight excluding hydrogens is 210 g/mol. The number of para-hydroxylation sites is 1. The molecule has 1 saturated carbocycles. The normalized spacial score (nSPS) is 29.6. The van der Waals surface area contributed by atoms with Gasteiger partial charge in [-0.15, -0.1) is 0 Å². The standard InChI is InChI=1S/C15H17NO/c1-16(13-5-3-2-4-6-13)15(17)14-10-11-7-8-12(14)9-11/h2-8,11-12,14H,9-10H2,1H3. The van der Waals surface area contributed by atoms with Gasteiger partial charge < -0.3 is 4.90 Å². The van der Waals surface area contributed by atoms with E-state index in [1.807, 2.05) is 37.4 Å². The molecule has 1 aromatic carbocycles. The highest BCUT2D eigenvalue weighted by Gasteiger charge is 2.40. The van der Waals surface area contributed by atoms with Crippen molar-refractivity contribution in [3.05, 3.63) is 42.5 Å². The Morgan fingerprint density at radius 2 is 1.94 bits per heavy atom. The molecule has 2 bridgehead atoms. The molecule has 3 rings (SSSR count). The second kappa shape index (κ2) is 4.02. The van der Waals surface area contributed by atoms with Crippen LogP contribution in [0.25, 0.3) is 0 Å². The first-order valence-corrected chi connectivity index (χ1v) is 6.26. The van der Waals surface area contributed by atoms with E-state index in [0.29, 0.717) is 11.8 Å². The molecule has 0 N–H and O–H groups in total. The summed E-state index contributed by atoms with van der Waals surface area (Å²) in [4.78, 5) is 14.2. The van der Waals surface area contributed by atoms with Crippen molar-refractivity contribution in [2.75, 3.05) is 11.9 Å². The Hall–Kier alpha value is -1.57. The number of amides is 1. The van der Waals surface area contributed by atoms with Gasteiger partial charge in [-0.2, -0.15) is 0 Å². The zero-order valence-corrected chi connectivity index (χ0v) is 10.0. The Morgan fingerprint density at radius 1 is 1.18 bits per heavy atom. The highest BCUT2D eigenvalue weighted by Crippen LogP contribution is 2.44. The largest absolute Gasteiger partial charge is 0.315 e. The van der Waals surface area contributed by atoms with Crippen LogP contribution >= 0.6 is 0 Å². The van der Waals surface area contributed by atoms with Gasteiger partial charge in [-0.1, -0.05) is 30.4 Å². The summed E-state index contributed by atoms with van der Waals surface area (Å²) in [6.45, 7) is 0. The van der Waals surface area contributed by atoms with Crippen molar-refractivity contribution in [1.82, 2.24) is 0 Å². The van der Waals surface area contributed by atoms with Crippen molar-refractivity contribution in [2.24, 2.45) is 17.8 Å². The maximum Gasteiger partial charge on any atom is 0.230 e. The maximum absolute atomic E-state index is 12.4. The Bertz CT molecular complexity index is 451. The SMILES string of the molecule is CN(C(=O)C1CC2C=CC1C2)c1ccccc1. The van der Waals surface area contributed by atoms with Gasteiger partial charge in [0.2, 0.25) is 5.91 Å². The molecule has 3 unspecified atom stereocenters. The minimum atomic E-state index is 0.204. The van der Waals surface area contributed by atoms with Crippen molar-refractivity contribution in [3.8, 4) is 0 Å². The molecule has 2 aliphatic carbocycles. The van der Waals surface area contributed by atoms with Crippen LogP contribution in [-0.2, 0) is 4.79 Å². The van der Waals surface area contributed by atoms with Crippen molar-refractivity contribution in [3.63, 3.8) is 0 Å². The predicted octanol–water partition coefficient (Wildman–Crippen LogP) is 2.86. The Labute approximate surface area is 102 Å². The van der Waals surface area contributed by atoms with Gasteiger partial charge in [-0.05, 0) is 36.8 Å². The molecule has 2 heteroatoms. The Balaban J connectivity index is 1.77. The molecule has 0 saturated heterocycles. The van der Waals surface area contributed by atoms with E-state index in [1.165, 1.54) is 6.42 Å². The van der Waals surface area contributed by atoms with E-state index in [2.05, 4.69) is 12.2 Å². The van der Waals surface area contributed by atoms with E-state index in [4.69, 9.17) is 0 Å². The lowest BCUT2D eigenvalue weighted by Crippen LogP contribution is -2.34. The van der Waals surface area contributed by atoms with Crippen LogP contribution < -0.4 is 4.90 Å². The fourth-order valence-electron chi connectivity index (χ4n) is 3.09. The number of carbonyl (C=O) groups excluding carboxylic acids is 1. The molecule has 1 amide bonds. The minimum Gasteiger partial charge on any atom is -0.315 e. The zero-order valence-electron chi connectivity index (χ0n) is 10.0. The lowest BCUT2D eigenvalue weighted by Gasteiger charge is -2.24. The molecule has 0 aromatic heterocycles. The number of rotatable bonds is 2. The van der Waals surface area contributed by atoms with E-state index in [0.717, 1.165) is 12.1 Å². The van der Waals surface area contributed by atoms with Gasteiger partial charge in [0.15, 0.2) is 0 Å². The van der Waals surface area contributed by atoms with Crippen molar-refractivity contribution >= 4 is 11.6 Å². The fourth-order valence-corrected chi connectivity index (χ4v) is 3.09. The third-order valence-corrected chi connectivity index (χ3v) is 4.07. The summed E-state index contributed by atoms with van der Waals surface area (Å²) in [6, 6.07) is 9.89. The molecule has 3 atom stereocenters. The van der Waals surface area contributed by atoms with E-state index >= 15 is 0 Å². The quantitative estimate of drug-likeness (QED) is 0.711. The van der Waals surface area contributed by atoms with E-state index in [9.17, 15) is 4.79 Å². The summed E-state index contributed by atoms with van der Waals surface area (Å²) in [5, 5.41) is 0. The van der Waals surface area contributed by atoms with Gasteiger partial charge in [0.25, 0.3) is 0 Å². The van der Waals surface area contributed by atoms with E-state index in [1.54, 1.807) is 4.90 Å². The predicted molar refractivity (Wildman–Crippen MR) is 68.7 cm³/mol. The van der Waals surface area contributed by atoms with Crippen LogP contribution in [0.1, 0.15) is 12.8 Å². The number of hydrogen-bond donors (Lipinski definition) is 0. The average molecular weight is 227 g/mol. The first kappa shape index (κ1) is 10.6. The second-order valence-electron chi connectivity index (χ2n) is 5.12. The van der Waals surface area contributed by atoms with Gasteiger partial charge >= 0.3 is 0 Å². The molecule has 1 fully saturated rings. The molecule has 2 aliphatic rings. The second-order valence-corrected chi connectivity index (χ2v) is 5.12. The first-order valence-electron chi connectivity index (χ1n) is 6.26. The van der Waals surface area contributed by atoms with Crippen LogP contribution in [-0.4, -0.2) is 13.0 Å². The molecule has 88 valence electrons. The third-order valence-electron chi connectivity index (χ3n) is 4.07. The number of allylic oxidation sites excluding steroid dienone is 2. The van der Waals surface area contributed by atoms with Crippen LogP contribution in [0.15, 0.2) is 42.5 Å². The van der Waals surface area contributed by atoms with Gasteiger partial charge in [0, 0.05) is 18.7 Å². The van der Waals surface area contributed by atoms with E-state index < -0.39 is 0 Å². The van der Waals surface area contributed by atoms with Gasteiger partial charge in [0.1, 0.15) is 0 Å². The van der Waals surface area contributed by atoms with Crippen LogP contribution in [0.4, 0.5) is 5.69 Å². The van der Waals surface area contributed by atoms with Gasteiger partial charge in [-0.25, -0.2) is 0 Å². The lowest BCUT2D eigenvalue weighted by atomic mass is 9.92. The maximum atomic E-state index is 12.4. The molecule has 1 aromatic rings. The number of carbonyl (C=O) groups is 1. The van der Waals surface area contributed by atoms with Crippen molar-refractivity contribution < 1.29 is 4.79 Å². The fraction of sp³-hybridized carbons (Fsp3) is 0.400. The first-order chi connectivity index (χ1) is 8.25. The highest BCUT2D eigenvalue weighted by atomic mass is 16.2. The van der Waals surface area contributed by atoms with Gasteiger partial charge in [-0.3, -0.25) is 4.79 Å². The Kier molecular flexibility index (Phi) is 2.50. The number of hydrogen-bond acceptors (Lipinski definition) is 1. The molecular formula is C15H17NO. The summed E-state index contributed by atoms with van der Waals surface area (Å²) < 4.78 is 0. The average Bonchev–Trinajstić information content (AvgIpc) is 3.00. The topological polar surface area (TPSA) is 20.3 Å². The summed E-state index contributed by atoms with van der Waals surface area (Å²) in [7, 11) is 1.88. The van der Waals surface area contributed by atoms with Crippen LogP contribution in [0.3, 0.4) is 0 Å². The molecule has 0 radical (unpaired) electrons. The molecule has 0 aliphatic heterocycles. The number of benzene rings is 1. The Morgan fingerprint density at radius 3 is 2.53 bits per heavy atom. The summed E-state index contributed by atoms with van der Waals surface area (Å²) in [5.74, 6) is 1.61. The molecule has 0 spiro atoms. The number of nitrogens with zero attached hydrogens (tertiary/aromatic N) is 1. The minimum absolute atomic E-state index is 0.204. The van der Waals surface area contributed by atoms with Crippen molar-refractivity contribution in [2.45, 2.75) is 12.8 Å². The lowest BCUT2D eigenvalue weighted by molar-refractivity contribution is -0.122. The van der Waals surface area contributed by atoms with Crippen LogP contribution in [0.2, 0.25) is 0 Å². The smallest absolute Gasteiger partial charge is 0.230 e. The number of anilines is 1. The molecule has 2 nitrogen and oxygen atoms in total.